The Hall–Kier alpha value is -1.77. The lowest BCUT2D eigenvalue weighted by molar-refractivity contribution is 0.306. The van der Waals surface area contributed by atoms with Gasteiger partial charge in [-0.25, -0.2) is 0 Å². The minimum atomic E-state index is 0.522. The Balaban J connectivity index is 1.85. The molecule has 3 heteroatoms. The van der Waals surface area contributed by atoms with E-state index < -0.39 is 0 Å². The van der Waals surface area contributed by atoms with E-state index in [1.54, 1.807) is 0 Å². The third-order valence-corrected chi connectivity index (χ3v) is 3.07. The molecule has 0 radical (unpaired) electrons. The Morgan fingerprint density at radius 3 is 2.60 bits per heavy atom. The summed E-state index contributed by atoms with van der Waals surface area (Å²) in [5.41, 5.74) is 2.29. The Labute approximate surface area is 125 Å². The number of hydrogen-bond donors (Lipinski definition) is 1. The molecule has 2 rings (SSSR count). The molecule has 0 bridgehead atoms. The highest BCUT2D eigenvalue weighted by atomic mass is 35.5. The maximum absolute atomic E-state index is 5.94. The lowest BCUT2D eigenvalue weighted by atomic mass is 10.2. The summed E-state index contributed by atoms with van der Waals surface area (Å²) in [6, 6.07) is 15.8. The first-order valence-corrected chi connectivity index (χ1v) is 6.93. The van der Waals surface area contributed by atoms with Crippen LogP contribution in [0.3, 0.4) is 0 Å². The minimum absolute atomic E-state index is 0.522. The van der Waals surface area contributed by atoms with Gasteiger partial charge in [0.2, 0.25) is 0 Å². The van der Waals surface area contributed by atoms with E-state index in [1.807, 2.05) is 42.5 Å². The summed E-state index contributed by atoms with van der Waals surface area (Å²) in [6.45, 7) is 5.84. The predicted molar refractivity (Wildman–Crippen MR) is 84.1 cm³/mol. The van der Waals surface area contributed by atoms with Gasteiger partial charge >= 0.3 is 0 Å². The highest BCUT2D eigenvalue weighted by Gasteiger charge is 1.98. The fraction of sp³-hybridized carbons (Fsp3) is 0.176. The zero-order valence-electron chi connectivity index (χ0n) is 11.3. The summed E-state index contributed by atoms with van der Waals surface area (Å²) in [6.07, 6.45) is 1.85. The number of benzene rings is 2. The lowest BCUT2D eigenvalue weighted by Gasteiger charge is -2.08. The number of rotatable bonds is 7. The van der Waals surface area contributed by atoms with Gasteiger partial charge in [-0.1, -0.05) is 41.9 Å². The van der Waals surface area contributed by atoms with Crippen molar-refractivity contribution in [1.29, 1.82) is 0 Å². The first-order chi connectivity index (χ1) is 9.78. The second-order valence-corrected chi connectivity index (χ2v) is 4.92. The molecule has 0 aliphatic rings. The molecule has 104 valence electrons. The lowest BCUT2D eigenvalue weighted by Crippen LogP contribution is -2.12. The van der Waals surface area contributed by atoms with Gasteiger partial charge in [0.15, 0.2) is 0 Å². The van der Waals surface area contributed by atoms with Crippen LogP contribution >= 0.6 is 11.6 Å². The average Bonchev–Trinajstić information content (AvgIpc) is 2.47. The van der Waals surface area contributed by atoms with E-state index in [0.717, 1.165) is 29.4 Å². The normalized spacial score (nSPS) is 10.2. The van der Waals surface area contributed by atoms with E-state index in [-0.39, 0.29) is 0 Å². The third-order valence-electron chi connectivity index (χ3n) is 2.84. The van der Waals surface area contributed by atoms with Gasteiger partial charge < -0.3 is 10.1 Å². The topological polar surface area (TPSA) is 21.3 Å². The highest BCUT2D eigenvalue weighted by molar-refractivity contribution is 6.30. The molecule has 0 spiro atoms. The van der Waals surface area contributed by atoms with Crippen LogP contribution in [0.25, 0.3) is 0 Å². The van der Waals surface area contributed by atoms with Crippen molar-refractivity contribution in [3.05, 3.63) is 77.3 Å². The molecule has 1 N–H and O–H groups in total. The molecule has 0 saturated heterocycles. The van der Waals surface area contributed by atoms with Gasteiger partial charge in [-0.15, -0.1) is 6.58 Å². The van der Waals surface area contributed by atoms with E-state index in [9.17, 15) is 0 Å². The maximum Gasteiger partial charge on any atom is 0.119 e. The monoisotopic (exact) mass is 287 g/mol. The van der Waals surface area contributed by atoms with Crippen molar-refractivity contribution < 1.29 is 4.74 Å². The Bertz CT molecular complexity index is 551. The molecule has 0 unspecified atom stereocenters. The van der Waals surface area contributed by atoms with Crippen LogP contribution in [0, 0.1) is 0 Å². The van der Waals surface area contributed by atoms with Gasteiger partial charge in [0.05, 0.1) is 0 Å². The second-order valence-electron chi connectivity index (χ2n) is 4.48. The molecule has 2 nitrogen and oxygen atoms in total. The van der Waals surface area contributed by atoms with Crippen LogP contribution in [-0.2, 0) is 13.2 Å². The summed E-state index contributed by atoms with van der Waals surface area (Å²) < 4.78 is 5.73. The van der Waals surface area contributed by atoms with E-state index >= 15 is 0 Å². The van der Waals surface area contributed by atoms with Crippen molar-refractivity contribution >= 4 is 11.6 Å². The Morgan fingerprint density at radius 1 is 1.10 bits per heavy atom. The maximum atomic E-state index is 5.94. The molecule has 20 heavy (non-hydrogen) atoms. The number of hydrogen-bond acceptors (Lipinski definition) is 2. The molecule has 0 heterocycles. The first kappa shape index (κ1) is 14.6. The van der Waals surface area contributed by atoms with Gasteiger partial charge in [0, 0.05) is 18.1 Å². The fourth-order valence-electron chi connectivity index (χ4n) is 1.82. The van der Waals surface area contributed by atoms with Crippen molar-refractivity contribution in [1.82, 2.24) is 5.32 Å². The molecule has 0 aromatic heterocycles. The highest BCUT2D eigenvalue weighted by Crippen LogP contribution is 2.16. The van der Waals surface area contributed by atoms with Crippen LogP contribution in [0.5, 0.6) is 5.75 Å². The van der Waals surface area contributed by atoms with Gasteiger partial charge in [-0.05, 0) is 35.4 Å². The van der Waals surface area contributed by atoms with E-state index in [4.69, 9.17) is 16.3 Å². The number of nitrogens with one attached hydrogen (secondary N) is 1. The van der Waals surface area contributed by atoms with Gasteiger partial charge in [-0.3, -0.25) is 0 Å². The molecule has 0 saturated carbocycles. The smallest absolute Gasteiger partial charge is 0.119 e. The zero-order valence-corrected chi connectivity index (χ0v) is 12.1. The van der Waals surface area contributed by atoms with Gasteiger partial charge in [0.1, 0.15) is 12.4 Å². The Kier molecular flexibility index (Phi) is 5.66. The standard InChI is InChI=1S/C17H18ClNO/c1-2-10-19-12-14-6-8-17(9-7-14)20-13-15-4-3-5-16(18)11-15/h2-9,11,19H,1,10,12-13H2. The quantitative estimate of drug-likeness (QED) is 0.609. The van der Waals surface area contributed by atoms with Crippen LogP contribution in [0.1, 0.15) is 11.1 Å². The van der Waals surface area contributed by atoms with E-state index in [2.05, 4.69) is 24.0 Å². The van der Waals surface area contributed by atoms with Crippen molar-refractivity contribution in [2.24, 2.45) is 0 Å². The summed E-state index contributed by atoms with van der Waals surface area (Å²) in [4.78, 5) is 0. The third kappa shape index (κ3) is 4.72. The second kappa shape index (κ2) is 7.73. The molecule has 2 aromatic carbocycles. The summed E-state index contributed by atoms with van der Waals surface area (Å²) in [5.74, 6) is 0.859. The average molecular weight is 288 g/mol. The van der Waals surface area contributed by atoms with E-state index in [0.29, 0.717) is 6.61 Å². The largest absolute Gasteiger partial charge is 0.489 e. The SMILES string of the molecule is C=CCNCc1ccc(OCc2cccc(Cl)c2)cc1. The van der Waals surface area contributed by atoms with Crippen molar-refractivity contribution in [3.63, 3.8) is 0 Å². The molecule has 0 fully saturated rings. The summed E-state index contributed by atoms with van der Waals surface area (Å²) in [7, 11) is 0. The summed E-state index contributed by atoms with van der Waals surface area (Å²) >= 11 is 5.94. The minimum Gasteiger partial charge on any atom is -0.489 e. The first-order valence-electron chi connectivity index (χ1n) is 6.56. The number of ether oxygens (including phenoxy) is 1. The molecule has 0 aliphatic carbocycles. The molecule has 2 aromatic rings. The van der Waals surface area contributed by atoms with Gasteiger partial charge in [-0.2, -0.15) is 0 Å². The van der Waals surface area contributed by atoms with E-state index in [1.165, 1.54) is 5.56 Å². The van der Waals surface area contributed by atoms with Crippen molar-refractivity contribution in [2.45, 2.75) is 13.2 Å². The fourth-order valence-corrected chi connectivity index (χ4v) is 2.03. The van der Waals surface area contributed by atoms with Gasteiger partial charge in [0.25, 0.3) is 0 Å². The van der Waals surface area contributed by atoms with Crippen LogP contribution in [0.4, 0.5) is 0 Å². The predicted octanol–water partition coefficient (Wildman–Crippen LogP) is 4.19. The molecular weight excluding hydrogens is 270 g/mol. The Morgan fingerprint density at radius 2 is 1.90 bits per heavy atom. The molecule has 0 atom stereocenters. The van der Waals surface area contributed by atoms with Crippen molar-refractivity contribution in [3.8, 4) is 5.75 Å². The summed E-state index contributed by atoms with van der Waals surface area (Å²) in [5, 5.41) is 3.99. The van der Waals surface area contributed by atoms with Crippen LogP contribution < -0.4 is 10.1 Å². The number of halogens is 1. The molecule has 0 aliphatic heterocycles. The molecular formula is C17H18ClNO. The molecule has 0 amide bonds. The van der Waals surface area contributed by atoms with Crippen LogP contribution in [-0.4, -0.2) is 6.54 Å². The van der Waals surface area contributed by atoms with Crippen LogP contribution in [0.15, 0.2) is 61.2 Å². The zero-order chi connectivity index (χ0) is 14.2. The van der Waals surface area contributed by atoms with Crippen molar-refractivity contribution in [2.75, 3.05) is 6.54 Å². The van der Waals surface area contributed by atoms with Crippen LogP contribution in [0.2, 0.25) is 5.02 Å².